The van der Waals surface area contributed by atoms with Gasteiger partial charge >= 0.3 is 0 Å². The minimum atomic E-state index is -0.642. The van der Waals surface area contributed by atoms with Crippen LogP contribution < -0.4 is 5.32 Å². The van der Waals surface area contributed by atoms with E-state index in [2.05, 4.69) is 15.3 Å². The van der Waals surface area contributed by atoms with Crippen LogP contribution in [0.3, 0.4) is 0 Å². The van der Waals surface area contributed by atoms with Gasteiger partial charge in [0.2, 0.25) is 0 Å². The summed E-state index contributed by atoms with van der Waals surface area (Å²) in [5, 5.41) is 2.41. The second-order valence-electron chi connectivity index (χ2n) is 3.48. The molecule has 2 heterocycles. The van der Waals surface area contributed by atoms with Crippen LogP contribution in [-0.2, 0) is 11.2 Å². The molecule has 0 saturated heterocycles. The molecule has 0 spiro atoms. The lowest BCUT2D eigenvalue weighted by Crippen LogP contribution is -2.13. The Bertz CT molecular complexity index is 520. The third-order valence-electron chi connectivity index (χ3n) is 2.48. The van der Waals surface area contributed by atoms with E-state index in [1.807, 2.05) is 12.2 Å². The number of rotatable bonds is 0. The minimum absolute atomic E-state index is 0.144. The summed E-state index contributed by atoms with van der Waals surface area (Å²) < 4.78 is 0. The molecule has 5 heteroatoms. The van der Waals surface area contributed by atoms with Crippen molar-refractivity contribution in [2.75, 3.05) is 5.32 Å². The van der Waals surface area contributed by atoms with E-state index in [4.69, 9.17) is 0 Å². The zero-order valence-corrected chi connectivity index (χ0v) is 7.78. The van der Waals surface area contributed by atoms with Gasteiger partial charge in [-0.2, -0.15) is 0 Å². The van der Waals surface area contributed by atoms with Gasteiger partial charge in [-0.05, 0) is 18.9 Å². The summed E-state index contributed by atoms with van der Waals surface area (Å²) in [5.74, 6) is -0.936. The number of Topliss-reactive ketones (excluding diaryl/α,β-unsaturated/α-hetero) is 1. The summed E-state index contributed by atoms with van der Waals surface area (Å²) in [5.41, 5.74) is 1.68. The molecule has 1 aliphatic carbocycles. The van der Waals surface area contributed by atoms with Crippen LogP contribution in [0.4, 0.5) is 5.82 Å². The largest absolute Gasteiger partial charge is 0.302 e. The summed E-state index contributed by atoms with van der Waals surface area (Å²) in [6.45, 7) is 0. The van der Waals surface area contributed by atoms with Crippen LogP contribution in [0.2, 0.25) is 0 Å². The maximum absolute atomic E-state index is 11.3. The fraction of sp³-hybridized carbons (Fsp3) is 0.200. The Morgan fingerprint density at radius 3 is 3.00 bits per heavy atom. The molecule has 0 atom stereocenters. The van der Waals surface area contributed by atoms with Gasteiger partial charge in [0.25, 0.3) is 11.7 Å². The van der Waals surface area contributed by atoms with Crippen LogP contribution in [-0.4, -0.2) is 21.7 Å². The molecule has 15 heavy (non-hydrogen) atoms. The maximum Gasteiger partial charge on any atom is 0.299 e. The van der Waals surface area contributed by atoms with Crippen LogP contribution in [0.5, 0.6) is 0 Å². The van der Waals surface area contributed by atoms with Gasteiger partial charge in [-0.3, -0.25) is 9.59 Å². The number of nitrogens with one attached hydrogen (secondary N) is 1. The van der Waals surface area contributed by atoms with Crippen molar-refractivity contribution < 1.29 is 9.59 Å². The second-order valence-corrected chi connectivity index (χ2v) is 3.48. The van der Waals surface area contributed by atoms with E-state index in [-0.39, 0.29) is 5.69 Å². The Hall–Kier alpha value is -2.04. The van der Waals surface area contributed by atoms with Crippen LogP contribution >= 0.6 is 0 Å². The van der Waals surface area contributed by atoms with Crippen molar-refractivity contribution in [2.45, 2.75) is 12.8 Å². The molecule has 1 aromatic heterocycles. The number of aromatic nitrogens is 2. The summed E-state index contributed by atoms with van der Waals surface area (Å²) in [6, 6.07) is 0. The smallest absolute Gasteiger partial charge is 0.299 e. The van der Waals surface area contributed by atoms with Crippen molar-refractivity contribution in [1.29, 1.82) is 0 Å². The summed E-state index contributed by atoms with van der Waals surface area (Å²) in [6.07, 6.45) is 5.54. The summed E-state index contributed by atoms with van der Waals surface area (Å²) in [4.78, 5) is 30.8. The van der Waals surface area contributed by atoms with Crippen LogP contribution in [0.15, 0.2) is 6.08 Å². The van der Waals surface area contributed by atoms with Gasteiger partial charge in [-0.1, -0.05) is 6.08 Å². The Balaban J connectivity index is 2.22. The van der Waals surface area contributed by atoms with Gasteiger partial charge in [-0.25, -0.2) is 9.97 Å². The topological polar surface area (TPSA) is 72.0 Å². The van der Waals surface area contributed by atoms with E-state index in [1.54, 1.807) is 0 Å². The van der Waals surface area contributed by atoms with E-state index >= 15 is 0 Å². The molecule has 1 aliphatic heterocycles. The van der Waals surface area contributed by atoms with E-state index in [0.29, 0.717) is 11.5 Å². The van der Waals surface area contributed by atoms with E-state index < -0.39 is 11.7 Å². The molecular weight excluding hydrogens is 194 g/mol. The van der Waals surface area contributed by atoms with Crippen molar-refractivity contribution in [3.05, 3.63) is 23.2 Å². The van der Waals surface area contributed by atoms with Crippen molar-refractivity contribution >= 4 is 23.6 Å². The minimum Gasteiger partial charge on any atom is -0.302 e. The highest BCUT2D eigenvalue weighted by Gasteiger charge is 2.32. The molecule has 2 aliphatic rings. The first-order chi connectivity index (χ1) is 7.25. The molecular formula is C10H7N3O2. The molecule has 1 amide bonds. The standard InChI is InChI=1S/C10H7N3O2/c14-8-7-9(13-10(8)15)12-6-4-2-1-3-5(6)11-7/h1,3H,2,4H2,(H,12,13,14,15). The Morgan fingerprint density at radius 2 is 2.13 bits per heavy atom. The predicted molar refractivity (Wildman–Crippen MR) is 52.3 cm³/mol. The fourth-order valence-corrected chi connectivity index (χ4v) is 1.73. The van der Waals surface area contributed by atoms with Crippen LogP contribution in [0.1, 0.15) is 28.3 Å². The van der Waals surface area contributed by atoms with Gasteiger partial charge in [0, 0.05) is 0 Å². The second kappa shape index (κ2) is 2.73. The lowest BCUT2D eigenvalue weighted by Gasteiger charge is -2.08. The van der Waals surface area contributed by atoms with E-state index in [9.17, 15) is 9.59 Å². The number of nitrogens with zero attached hydrogens (tertiary/aromatic N) is 2. The molecule has 0 aromatic carbocycles. The quantitative estimate of drug-likeness (QED) is 0.623. The molecule has 5 nitrogen and oxygen atoms in total. The molecule has 1 N–H and O–H groups in total. The first kappa shape index (κ1) is 8.28. The number of anilines is 1. The number of fused-ring (bicyclic) bond motifs is 2. The van der Waals surface area contributed by atoms with Gasteiger partial charge < -0.3 is 5.32 Å². The third-order valence-corrected chi connectivity index (χ3v) is 2.48. The summed E-state index contributed by atoms with van der Waals surface area (Å²) in [7, 11) is 0. The highest BCUT2D eigenvalue weighted by atomic mass is 16.2. The highest BCUT2D eigenvalue weighted by molar-refractivity contribution is 6.50. The predicted octanol–water partition coefficient (Wildman–Crippen LogP) is 0.571. The number of carbonyl (C=O) groups excluding carboxylic acids is 2. The average molecular weight is 201 g/mol. The average Bonchev–Trinajstić information content (AvgIpc) is 2.52. The zero-order valence-electron chi connectivity index (χ0n) is 7.78. The molecule has 0 radical (unpaired) electrons. The lowest BCUT2D eigenvalue weighted by molar-refractivity contribution is -0.112. The summed E-state index contributed by atoms with van der Waals surface area (Å²) >= 11 is 0. The number of hydrogen-bond acceptors (Lipinski definition) is 4. The molecule has 74 valence electrons. The fourth-order valence-electron chi connectivity index (χ4n) is 1.73. The first-order valence-electron chi connectivity index (χ1n) is 4.69. The number of carbonyl (C=O) groups is 2. The molecule has 0 saturated carbocycles. The molecule has 0 bridgehead atoms. The monoisotopic (exact) mass is 201 g/mol. The van der Waals surface area contributed by atoms with E-state index in [1.165, 1.54) is 0 Å². The van der Waals surface area contributed by atoms with Crippen molar-refractivity contribution in [3.8, 4) is 0 Å². The highest BCUT2D eigenvalue weighted by Crippen LogP contribution is 2.23. The van der Waals surface area contributed by atoms with Gasteiger partial charge in [-0.15, -0.1) is 0 Å². The zero-order chi connectivity index (χ0) is 10.4. The van der Waals surface area contributed by atoms with Gasteiger partial charge in [0.05, 0.1) is 11.4 Å². The van der Waals surface area contributed by atoms with Crippen molar-refractivity contribution in [1.82, 2.24) is 9.97 Å². The maximum atomic E-state index is 11.3. The number of aryl methyl sites for hydroxylation is 1. The SMILES string of the molecule is O=C1Nc2nc3c(nc2C1=O)C=CCC3. The lowest BCUT2D eigenvalue weighted by atomic mass is 10.1. The molecule has 1 aromatic rings. The van der Waals surface area contributed by atoms with Crippen LogP contribution in [0, 0.1) is 0 Å². The molecule has 3 rings (SSSR count). The van der Waals surface area contributed by atoms with Crippen LogP contribution in [0.25, 0.3) is 6.08 Å². The van der Waals surface area contributed by atoms with Gasteiger partial charge in [0.1, 0.15) is 0 Å². The van der Waals surface area contributed by atoms with E-state index in [0.717, 1.165) is 18.5 Å². The number of allylic oxidation sites excluding steroid dienone is 1. The molecule has 0 fully saturated rings. The number of amides is 1. The number of hydrogen-bond donors (Lipinski definition) is 1. The Morgan fingerprint density at radius 1 is 1.27 bits per heavy atom. The van der Waals surface area contributed by atoms with Crippen molar-refractivity contribution in [3.63, 3.8) is 0 Å². The van der Waals surface area contributed by atoms with Gasteiger partial charge in [0.15, 0.2) is 11.5 Å². The first-order valence-corrected chi connectivity index (χ1v) is 4.69. The third kappa shape index (κ3) is 1.09. The van der Waals surface area contributed by atoms with Crippen molar-refractivity contribution in [2.24, 2.45) is 0 Å². The number of ketones is 1. The molecule has 0 unspecified atom stereocenters. The normalized spacial score (nSPS) is 17.3. The Labute approximate surface area is 85.2 Å². The Kier molecular flexibility index (Phi) is 1.50.